The predicted molar refractivity (Wildman–Crippen MR) is 68.5 cm³/mol. The van der Waals surface area contributed by atoms with E-state index in [1.54, 1.807) is 0 Å². The first-order valence-electron chi connectivity index (χ1n) is 5.20. The predicted octanol–water partition coefficient (Wildman–Crippen LogP) is 3.66. The van der Waals surface area contributed by atoms with Crippen molar-refractivity contribution in [1.82, 2.24) is 5.32 Å². The topological polar surface area (TPSA) is 25.2 Å². The van der Waals surface area contributed by atoms with Gasteiger partial charge in [0.1, 0.15) is 5.76 Å². The molecule has 2 aromatic rings. The fraction of sp³-hybridized carbons (Fsp3) is 0.231. The summed E-state index contributed by atoms with van der Waals surface area (Å²) in [6, 6.07) is 12.3. The molecule has 16 heavy (non-hydrogen) atoms. The summed E-state index contributed by atoms with van der Waals surface area (Å²) in [4.78, 5) is 0. The Morgan fingerprint density at radius 2 is 1.94 bits per heavy atom. The minimum Gasteiger partial charge on any atom is -0.452 e. The normalized spacial score (nSPS) is 12.7. The van der Waals surface area contributed by atoms with Gasteiger partial charge in [-0.2, -0.15) is 0 Å². The van der Waals surface area contributed by atoms with Crippen molar-refractivity contribution in [2.45, 2.75) is 13.0 Å². The maximum Gasteiger partial charge on any atom is 0.169 e. The van der Waals surface area contributed by atoms with Gasteiger partial charge in [-0.3, -0.25) is 0 Å². The van der Waals surface area contributed by atoms with Gasteiger partial charge in [0, 0.05) is 0 Å². The summed E-state index contributed by atoms with van der Waals surface area (Å²) in [7, 11) is 1.94. The van der Waals surface area contributed by atoms with Gasteiger partial charge in [-0.25, -0.2) is 0 Å². The molecule has 0 aliphatic heterocycles. The van der Waals surface area contributed by atoms with Crippen LogP contribution < -0.4 is 5.32 Å². The summed E-state index contributed by atoms with van der Waals surface area (Å²) in [6.07, 6.45) is 0. The Morgan fingerprint density at radius 3 is 2.50 bits per heavy atom. The van der Waals surface area contributed by atoms with Gasteiger partial charge in [-0.1, -0.05) is 24.3 Å². The molecule has 0 bridgehead atoms. The number of furan rings is 1. The molecule has 84 valence electrons. The summed E-state index contributed by atoms with van der Waals surface area (Å²) in [5.74, 6) is 0.920. The number of benzene rings is 1. The van der Waals surface area contributed by atoms with Gasteiger partial charge >= 0.3 is 0 Å². The first kappa shape index (κ1) is 11.4. The monoisotopic (exact) mass is 279 g/mol. The second-order valence-electron chi connectivity index (χ2n) is 3.72. The maximum absolute atomic E-state index is 5.60. The highest BCUT2D eigenvalue weighted by Gasteiger charge is 2.16. The van der Waals surface area contributed by atoms with Crippen LogP contribution in [0.15, 0.2) is 45.5 Å². The van der Waals surface area contributed by atoms with E-state index < -0.39 is 0 Å². The molecule has 0 saturated heterocycles. The Morgan fingerprint density at radius 1 is 1.19 bits per heavy atom. The average molecular weight is 280 g/mol. The number of hydrogen-bond donors (Lipinski definition) is 1. The van der Waals surface area contributed by atoms with E-state index >= 15 is 0 Å². The van der Waals surface area contributed by atoms with Gasteiger partial charge < -0.3 is 9.73 Å². The second-order valence-corrected chi connectivity index (χ2v) is 4.50. The molecule has 0 aliphatic rings. The number of hydrogen-bond acceptors (Lipinski definition) is 2. The van der Waals surface area contributed by atoms with Gasteiger partial charge in [0.05, 0.1) is 6.04 Å². The van der Waals surface area contributed by atoms with Crippen molar-refractivity contribution in [2.75, 3.05) is 7.05 Å². The molecule has 0 aliphatic carbocycles. The first-order valence-corrected chi connectivity index (χ1v) is 5.99. The summed E-state index contributed by atoms with van der Waals surface area (Å²) < 4.78 is 6.36. The molecule has 2 rings (SSSR count). The quantitative estimate of drug-likeness (QED) is 0.928. The third-order valence-corrected chi connectivity index (χ3v) is 3.09. The lowest BCUT2D eigenvalue weighted by atomic mass is 10.00. The minimum absolute atomic E-state index is 0.104. The molecule has 2 nitrogen and oxygen atoms in total. The smallest absolute Gasteiger partial charge is 0.169 e. The molecule has 1 aromatic carbocycles. The molecule has 1 heterocycles. The fourth-order valence-corrected chi connectivity index (χ4v) is 2.16. The average Bonchev–Trinajstić information content (AvgIpc) is 2.69. The van der Waals surface area contributed by atoms with E-state index in [-0.39, 0.29) is 6.04 Å². The Labute approximate surface area is 104 Å². The minimum atomic E-state index is 0.104. The third kappa shape index (κ3) is 2.20. The Hall–Kier alpha value is -1.06. The summed E-state index contributed by atoms with van der Waals surface area (Å²) in [5, 5.41) is 3.27. The summed E-state index contributed by atoms with van der Waals surface area (Å²) in [5.41, 5.74) is 2.50. The molecule has 0 radical (unpaired) electrons. The van der Waals surface area contributed by atoms with Crippen LogP contribution in [-0.4, -0.2) is 7.05 Å². The van der Waals surface area contributed by atoms with Crippen LogP contribution in [0.2, 0.25) is 0 Å². The molecule has 1 N–H and O–H groups in total. The maximum atomic E-state index is 5.60. The zero-order chi connectivity index (χ0) is 11.5. The van der Waals surface area contributed by atoms with Crippen LogP contribution in [-0.2, 0) is 0 Å². The van der Waals surface area contributed by atoms with E-state index in [1.165, 1.54) is 11.1 Å². The van der Waals surface area contributed by atoms with Crippen LogP contribution in [0, 0.1) is 6.92 Å². The van der Waals surface area contributed by atoms with Crippen molar-refractivity contribution in [3.8, 4) is 0 Å². The lowest BCUT2D eigenvalue weighted by Gasteiger charge is -2.16. The zero-order valence-corrected chi connectivity index (χ0v) is 10.9. The lowest BCUT2D eigenvalue weighted by molar-refractivity contribution is 0.446. The third-order valence-electron chi connectivity index (χ3n) is 2.67. The summed E-state index contributed by atoms with van der Waals surface area (Å²) >= 11 is 3.33. The van der Waals surface area contributed by atoms with Crippen LogP contribution in [0.5, 0.6) is 0 Å². The van der Waals surface area contributed by atoms with Gasteiger partial charge in [0.25, 0.3) is 0 Å². The van der Waals surface area contributed by atoms with Crippen LogP contribution in [0.4, 0.5) is 0 Å². The number of halogens is 1. The molecule has 0 spiro atoms. The van der Waals surface area contributed by atoms with Gasteiger partial charge in [-0.15, -0.1) is 0 Å². The van der Waals surface area contributed by atoms with Crippen LogP contribution >= 0.6 is 15.9 Å². The SMILES string of the molecule is CNC(c1ccc(Br)o1)c1ccccc1C. The number of aryl methyl sites for hydroxylation is 1. The lowest BCUT2D eigenvalue weighted by Crippen LogP contribution is -2.17. The van der Waals surface area contributed by atoms with E-state index in [2.05, 4.69) is 40.3 Å². The zero-order valence-electron chi connectivity index (χ0n) is 9.33. The van der Waals surface area contributed by atoms with Crippen molar-refractivity contribution in [3.05, 3.63) is 58.0 Å². The van der Waals surface area contributed by atoms with Crippen LogP contribution in [0.3, 0.4) is 0 Å². The highest BCUT2D eigenvalue weighted by Crippen LogP contribution is 2.27. The van der Waals surface area contributed by atoms with E-state index in [0.29, 0.717) is 0 Å². The van der Waals surface area contributed by atoms with Gasteiger partial charge in [0.15, 0.2) is 4.67 Å². The molecule has 3 heteroatoms. The number of rotatable bonds is 3. The second kappa shape index (κ2) is 4.85. The Bertz CT molecular complexity index is 478. The van der Waals surface area contributed by atoms with Crippen LogP contribution in [0.1, 0.15) is 22.9 Å². The number of nitrogens with one attached hydrogen (secondary N) is 1. The molecule has 0 saturated carbocycles. The van der Waals surface area contributed by atoms with Crippen LogP contribution in [0.25, 0.3) is 0 Å². The van der Waals surface area contributed by atoms with Crippen molar-refractivity contribution in [2.24, 2.45) is 0 Å². The standard InChI is InChI=1S/C13H14BrNO/c1-9-5-3-4-6-10(9)13(15-2)11-7-8-12(14)16-11/h3-8,13,15H,1-2H3. The van der Waals surface area contributed by atoms with Crippen molar-refractivity contribution in [3.63, 3.8) is 0 Å². The summed E-state index contributed by atoms with van der Waals surface area (Å²) in [6.45, 7) is 2.11. The van der Waals surface area contributed by atoms with Crippen molar-refractivity contribution in [1.29, 1.82) is 0 Å². The molecular weight excluding hydrogens is 266 g/mol. The van der Waals surface area contributed by atoms with Crippen molar-refractivity contribution < 1.29 is 4.42 Å². The first-order chi connectivity index (χ1) is 7.72. The Kier molecular flexibility index (Phi) is 3.46. The molecule has 0 amide bonds. The Balaban J connectivity index is 2.40. The van der Waals surface area contributed by atoms with Gasteiger partial charge in [-0.05, 0) is 53.2 Å². The fourth-order valence-electron chi connectivity index (χ4n) is 1.85. The van der Waals surface area contributed by atoms with Crippen molar-refractivity contribution >= 4 is 15.9 Å². The molecule has 0 fully saturated rings. The molecule has 1 atom stereocenters. The largest absolute Gasteiger partial charge is 0.452 e. The van der Waals surface area contributed by atoms with E-state index in [4.69, 9.17) is 4.42 Å². The molecule has 1 unspecified atom stereocenters. The van der Waals surface area contributed by atoms with E-state index in [1.807, 2.05) is 31.3 Å². The van der Waals surface area contributed by atoms with E-state index in [0.717, 1.165) is 10.4 Å². The highest BCUT2D eigenvalue weighted by atomic mass is 79.9. The van der Waals surface area contributed by atoms with Gasteiger partial charge in [0.2, 0.25) is 0 Å². The van der Waals surface area contributed by atoms with E-state index in [9.17, 15) is 0 Å². The highest BCUT2D eigenvalue weighted by molar-refractivity contribution is 9.10. The molecular formula is C13H14BrNO. The molecule has 1 aromatic heterocycles.